The Hall–Kier alpha value is 0.910. The van der Waals surface area contributed by atoms with Gasteiger partial charge in [-0.15, -0.1) is 11.6 Å². The van der Waals surface area contributed by atoms with Crippen LogP contribution in [0.4, 0.5) is 13.2 Å². The molecule has 0 aliphatic heterocycles. The first kappa shape index (κ1) is 11.7. The summed E-state index contributed by atoms with van der Waals surface area (Å²) >= 11 is 6.68. The van der Waals surface area contributed by atoms with Crippen LogP contribution >= 0.6 is 41.0 Å². The molecule has 6 heteroatoms. The third-order valence-electron chi connectivity index (χ3n) is 0.247. The van der Waals surface area contributed by atoms with Crippen LogP contribution in [-0.4, -0.2) is 10.5 Å². The first-order valence-corrected chi connectivity index (χ1v) is 2.64. The summed E-state index contributed by atoms with van der Waals surface area (Å²) in [6.45, 7) is 0. The second-order valence-electron chi connectivity index (χ2n) is 0.842. The van der Waals surface area contributed by atoms with Gasteiger partial charge in [0.05, 0.1) is 0 Å². The van der Waals surface area contributed by atoms with Crippen molar-refractivity contribution in [3.05, 3.63) is 0 Å². The highest BCUT2D eigenvalue weighted by molar-refractivity contribution is 9.10. The Balaban J connectivity index is 0. The predicted molar refractivity (Wildman–Crippen MR) is 35.0 cm³/mol. The van der Waals surface area contributed by atoms with E-state index in [0.29, 0.717) is 0 Å². The standard InChI is InChI=1S/C2HBrClF3.H2S/c3-1(4)2(5,6)7;/h1H;1H2. The minimum absolute atomic E-state index is 0. The molecular formula is C2H3BrClF3S. The first-order valence-electron chi connectivity index (χ1n) is 1.29. The number of halogens is 5. The topological polar surface area (TPSA) is 0 Å². The van der Waals surface area contributed by atoms with Crippen LogP contribution in [0.3, 0.4) is 0 Å². The molecule has 0 aliphatic carbocycles. The van der Waals surface area contributed by atoms with E-state index in [1.807, 2.05) is 0 Å². The van der Waals surface area contributed by atoms with Crippen molar-refractivity contribution in [2.45, 2.75) is 10.5 Å². The fraction of sp³-hybridized carbons (Fsp3) is 1.00. The van der Waals surface area contributed by atoms with E-state index in [1.165, 1.54) is 0 Å². The normalized spacial score (nSPS) is 14.6. The summed E-state index contributed by atoms with van der Waals surface area (Å²) < 4.78 is 31.1. The smallest absolute Gasteiger partial charge is 0.197 e. The third kappa shape index (κ3) is 5.05. The van der Waals surface area contributed by atoms with Crippen molar-refractivity contribution in [2.24, 2.45) is 0 Å². The van der Waals surface area contributed by atoms with Gasteiger partial charge >= 0.3 is 6.18 Å². The Morgan fingerprint density at radius 1 is 1.38 bits per heavy atom. The van der Waals surface area contributed by atoms with Gasteiger partial charge in [0.25, 0.3) is 0 Å². The van der Waals surface area contributed by atoms with Gasteiger partial charge in [-0.3, -0.25) is 0 Å². The van der Waals surface area contributed by atoms with Crippen molar-refractivity contribution in [1.29, 1.82) is 0 Å². The number of hydrogen-bond acceptors (Lipinski definition) is 0. The highest BCUT2D eigenvalue weighted by Crippen LogP contribution is 2.28. The van der Waals surface area contributed by atoms with Crippen LogP contribution in [-0.2, 0) is 0 Å². The van der Waals surface area contributed by atoms with Gasteiger partial charge < -0.3 is 0 Å². The second-order valence-corrected chi connectivity index (χ2v) is 2.72. The molecule has 0 aromatic carbocycles. The molecular weight excluding hydrogens is 228 g/mol. The summed E-state index contributed by atoms with van der Waals surface area (Å²) in [5.41, 5.74) is 0. The monoisotopic (exact) mass is 230 g/mol. The molecule has 1 atom stereocenters. The molecule has 0 saturated heterocycles. The maximum Gasteiger partial charge on any atom is 0.414 e. The predicted octanol–water partition coefficient (Wildman–Crippen LogP) is 2.62. The Morgan fingerprint density at radius 2 is 1.50 bits per heavy atom. The minimum Gasteiger partial charge on any atom is -0.197 e. The Kier molecular flexibility index (Phi) is 5.61. The number of rotatable bonds is 0. The average molecular weight is 231 g/mol. The van der Waals surface area contributed by atoms with Gasteiger partial charge in [-0.25, -0.2) is 0 Å². The van der Waals surface area contributed by atoms with Gasteiger partial charge in [-0.05, 0) is 0 Å². The van der Waals surface area contributed by atoms with Crippen molar-refractivity contribution >= 4 is 41.0 Å². The van der Waals surface area contributed by atoms with Crippen molar-refractivity contribution in [3.63, 3.8) is 0 Å². The van der Waals surface area contributed by atoms with Crippen LogP contribution in [0.5, 0.6) is 0 Å². The van der Waals surface area contributed by atoms with E-state index in [1.54, 1.807) is 0 Å². The molecule has 0 amide bonds. The average Bonchev–Trinajstić information content (AvgIpc) is 1.31. The molecule has 0 spiro atoms. The van der Waals surface area contributed by atoms with Gasteiger partial charge in [0, 0.05) is 0 Å². The van der Waals surface area contributed by atoms with Gasteiger partial charge in [-0.1, -0.05) is 15.9 Å². The Morgan fingerprint density at radius 3 is 1.50 bits per heavy atom. The van der Waals surface area contributed by atoms with E-state index in [2.05, 4.69) is 27.5 Å². The van der Waals surface area contributed by atoms with Crippen molar-refractivity contribution in [2.75, 3.05) is 0 Å². The largest absolute Gasteiger partial charge is 0.414 e. The van der Waals surface area contributed by atoms with Crippen LogP contribution in [0.25, 0.3) is 0 Å². The molecule has 8 heavy (non-hydrogen) atoms. The quantitative estimate of drug-likeness (QED) is 0.562. The lowest BCUT2D eigenvalue weighted by atomic mass is 10.8. The second kappa shape index (κ2) is 3.85. The Labute approximate surface area is 65.0 Å². The molecule has 0 aromatic heterocycles. The first-order chi connectivity index (χ1) is 2.94. The van der Waals surface area contributed by atoms with Gasteiger partial charge in [0.1, 0.15) is 0 Å². The van der Waals surface area contributed by atoms with Gasteiger partial charge in [-0.2, -0.15) is 26.7 Å². The maximum atomic E-state index is 11.0. The van der Waals surface area contributed by atoms with E-state index in [9.17, 15) is 13.2 Å². The molecule has 52 valence electrons. The summed E-state index contributed by atoms with van der Waals surface area (Å²) in [7, 11) is 0. The number of hydrogen-bond donors (Lipinski definition) is 0. The van der Waals surface area contributed by atoms with Crippen molar-refractivity contribution in [3.8, 4) is 0 Å². The van der Waals surface area contributed by atoms with E-state index >= 15 is 0 Å². The zero-order chi connectivity index (χ0) is 6.08. The molecule has 1 unspecified atom stereocenters. The fourth-order valence-electron chi connectivity index (χ4n) is 0. The summed E-state index contributed by atoms with van der Waals surface area (Å²) in [4.78, 5) is 0. The highest BCUT2D eigenvalue weighted by atomic mass is 79.9. The van der Waals surface area contributed by atoms with Gasteiger partial charge in [0.15, 0.2) is 4.29 Å². The minimum atomic E-state index is -4.32. The molecule has 0 nitrogen and oxygen atoms in total. The van der Waals surface area contributed by atoms with Crippen molar-refractivity contribution < 1.29 is 13.2 Å². The third-order valence-corrected chi connectivity index (χ3v) is 1.01. The van der Waals surface area contributed by atoms with Gasteiger partial charge in [0.2, 0.25) is 0 Å². The molecule has 0 aliphatic rings. The van der Waals surface area contributed by atoms with Crippen LogP contribution in [0, 0.1) is 0 Å². The number of alkyl halides is 5. The van der Waals surface area contributed by atoms with E-state index in [-0.39, 0.29) is 13.5 Å². The van der Waals surface area contributed by atoms with Crippen LogP contribution < -0.4 is 0 Å². The van der Waals surface area contributed by atoms with Crippen LogP contribution in [0.15, 0.2) is 0 Å². The summed E-state index contributed by atoms with van der Waals surface area (Å²) in [6.07, 6.45) is -4.32. The molecule has 0 N–H and O–H groups in total. The molecule has 0 saturated carbocycles. The summed E-state index contributed by atoms with van der Waals surface area (Å²) in [5, 5.41) is 0. The highest BCUT2D eigenvalue weighted by Gasteiger charge is 2.35. The van der Waals surface area contributed by atoms with E-state index < -0.39 is 10.5 Å². The SMILES string of the molecule is FC(F)(F)C(Cl)Br.S. The molecule has 0 rings (SSSR count). The molecule has 0 fully saturated rings. The fourth-order valence-corrected chi connectivity index (χ4v) is 0. The summed E-state index contributed by atoms with van der Waals surface area (Å²) in [5.74, 6) is 0. The molecule has 0 radical (unpaired) electrons. The maximum absolute atomic E-state index is 11.0. The van der Waals surface area contributed by atoms with Crippen LogP contribution in [0.1, 0.15) is 0 Å². The van der Waals surface area contributed by atoms with Crippen LogP contribution in [0.2, 0.25) is 0 Å². The zero-order valence-electron chi connectivity index (χ0n) is 3.47. The lowest BCUT2D eigenvalue weighted by molar-refractivity contribution is -0.112. The van der Waals surface area contributed by atoms with E-state index in [4.69, 9.17) is 0 Å². The van der Waals surface area contributed by atoms with E-state index in [0.717, 1.165) is 0 Å². The molecule has 0 bridgehead atoms. The lowest BCUT2D eigenvalue weighted by Gasteiger charge is -2.03. The molecule has 0 heterocycles. The Bertz CT molecular complexity index is 62.8. The molecule has 0 aromatic rings. The zero-order valence-corrected chi connectivity index (χ0v) is 6.81. The van der Waals surface area contributed by atoms with Crippen molar-refractivity contribution in [1.82, 2.24) is 0 Å². The summed E-state index contributed by atoms with van der Waals surface area (Å²) in [6, 6.07) is 0. The lowest BCUT2D eigenvalue weighted by Crippen LogP contribution is -2.16.